The van der Waals surface area contributed by atoms with Gasteiger partial charge in [-0.1, -0.05) is 46.3 Å². The molecule has 0 saturated heterocycles. The lowest BCUT2D eigenvalue weighted by molar-refractivity contribution is -0.0176. The van der Waals surface area contributed by atoms with Crippen molar-refractivity contribution in [1.82, 2.24) is 0 Å². The van der Waals surface area contributed by atoms with Crippen molar-refractivity contribution in [1.29, 1.82) is 0 Å². The van der Waals surface area contributed by atoms with E-state index in [-0.39, 0.29) is 12.4 Å². The SMILES string of the molecule is Cc1c(-c2ccccc2)c(=O)oc2cc(OCc3cc(Br)cc4c3OCOC4)ccc12. The summed E-state index contributed by atoms with van der Waals surface area (Å²) in [6, 6.07) is 19.1. The van der Waals surface area contributed by atoms with Crippen molar-refractivity contribution in [2.45, 2.75) is 20.1 Å². The van der Waals surface area contributed by atoms with E-state index < -0.39 is 0 Å². The van der Waals surface area contributed by atoms with Crippen molar-refractivity contribution >= 4 is 26.9 Å². The summed E-state index contributed by atoms with van der Waals surface area (Å²) >= 11 is 3.53. The van der Waals surface area contributed by atoms with Crippen LogP contribution in [0.15, 0.2) is 74.3 Å². The number of halogens is 1. The van der Waals surface area contributed by atoms with Crippen LogP contribution in [0.25, 0.3) is 22.1 Å². The van der Waals surface area contributed by atoms with Crippen LogP contribution in [0.3, 0.4) is 0 Å². The van der Waals surface area contributed by atoms with Gasteiger partial charge in [-0.25, -0.2) is 4.79 Å². The minimum Gasteiger partial charge on any atom is -0.489 e. The van der Waals surface area contributed by atoms with Crippen molar-refractivity contribution in [3.63, 3.8) is 0 Å². The molecule has 3 aromatic carbocycles. The van der Waals surface area contributed by atoms with Crippen molar-refractivity contribution < 1.29 is 18.6 Å². The molecular formula is C25H19BrO5. The second-order valence-corrected chi connectivity index (χ2v) is 8.28. The molecule has 0 saturated carbocycles. The molecule has 5 rings (SSSR count). The highest BCUT2D eigenvalue weighted by atomic mass is 79.9. The molecule has 0 N–H and O–H groups in total. The number of hydrogen-bond donors (Lipinski definition) is 0. The van der Waals surface area contributed by atoms with E-state index in [2.05, 4.69) is 15.9 Å². The first-order valence-corrected chi connectivity index (χ1v) is 10.7. The molecule has 0 spiro atoms. The maximum atomic E-state index is 12.7. The molecular weight excluding hydrogens is 460 g/mol. The standard InChI is InChI=1S/C25H19BrO5/c1-15-21-8-7-20(11-22(21)31-25(27)23(15)16-5-3-2-4-6-16)29-13-18-10-19(26)9-17-12-28-14-30-24(17)18/h2-11H,12-14H2,1H3. The van der Waals surface area contributed by atoms with Gasteiger partial charge in [0, 0.05) is 27.1 Å². The molecule has 156 valence electrons. The fourth-order valence-electron chi connectivity index (χ4n) is 3.89. The molecule has 0 amide bonds. The number of ether oxygens (including phenoxy) is 3. The molecule has 1 aliphatic rings. The molecule has 0 unspecified atom stereocenters. The lowest BCUT2D eigenvalue weighted by atomic mass is 10.00. The quantitative estimate of drug-likeness (QED) is 0.338. The van der Waals surface area contributed by atoms with Gasteiger partial charge < -0.3 is 18.6 Å². The van der Waals surface area contributed by atoms with Gasteiger partial charge in [0.1, 0.15) is 23.7 Å². The molecule has 0 fully saturated rings. The summed E-state index contributed by atoms with van der Waals surface area (Å²) in [5, 5.41) is 0.881. The Morgan fingerprint density at radius 1 is 1.06 bits per heavy atom. The highest BCUT2D eigenvalue weighted by Gasteiger charge is 2.17. The van der Waals surface area contributed by atoms with Crippen LogP contribution in [-0.4, -0.2) is 6.79 Å². The zero-order valence-corrected chi connectivity index (χ0v) is 18.4. The van der Waals surface area contributed by atoms with Crippen molar-refractivity contribution in [2.24, 2.45) is 0 Å². The minimum atomic E-state index is -0.359. The maximum absolute atomic E-state index is 12.7. The lowest BCUT2D eigenvalue weighted by Gasteiger charge is -2.21. The van der Waals surface area contributed by atoms with Crippen LogP contribution in [-0.2, 0) is 18.0 Å². The number of aryl methyl sites for hydroxylation is 1. The number of hydrogen-bond acceptors (Lipinski definition) is 5. The van der Waals surface area contributed by atoms with Crippen molar-refractivity contribution in [3.8, 4) is 22.6 Å². The zero-order valence-electron chi connectivity index (χ0n) is 16.8. The third-order valence-electron chi connectivity index (χ3n) is 5.35. The van der Waals surface area contributed by atoms with Gasteiger partial charge in [0.2, 0.25) is 0 Å². The van der Waals surface area contributed by atoms with Crippen molar-refractivity contribution in [2.75, 3.05) is 6.79 Å². The molecule has 0 aliphatic carbocycles. The predicted octanol–water partition coefficient (Wildman–Crippen LogP) is 5.98. The Hall–Kier alpha value is -3.09. The van der Waals surface area contributed by atoms with E-state index in [0.717, 1.165) is 37.9 Å². The molecule has 5 nitrogen and oxygen atoms in total. The Kier molecular flexibility index (Phi) is 5.26. The average Bonchev–Trinajstić information content (AvgIpc) is 2.78. The van der Waals surface area contributed by atoms with Gasteiger partial charge >= 0.3 is 5.63 Å². The van der Waals surface area contributed by atoms with Crippen LogP contribution < -0.4 is 15.1 Å². The van der Waals surface area contributed by atoms with E-state index in [1.807, 2.05) is 61.5 Å². The van der Waals surface area contributed by atoms with E-state index in [4.69, 9.17) is 18.6 Å². The van der Waals surface area contributed by atoms with Gasteiger partial charge in [0.25, 0.3) is 0 Å². The van der Waals surface area contributed by atoms with E-state index in [0.29, 0.717) is 30.1 Å². The van der Waals surface area contributed by atoms with Crippen LogP contribution >= 0.6 is 15.9 Å². The van der Waals surface area contributed by atoms with Crippen LogP contribution in [0.1, 0.15) is 16.7 Å². The molecule has 0 bridgehead atoms. The van der Waals surface area contributed by atoms with Gasteiger partial charge in [-0.05, 0) is 42.3 Å². The molecule has 1 aromatic heterocycles. The summed E-state index contributed by atoms with van der Waals surface area (Å²) in [6.45, 7) is 2.99. The first-order valence-electron chi connectivity index (χ1n) is 9.87. The van der Waals surface area contributed by atoms with E-state index in [1.165, 1.54) is 0 Å². The van der Waals surface area contributed by atoms with Gasteiger partial charge in [-0.3, -0.25) is 0 Å². The van der Waals surface area contributed by atoms with Gasteiger partial charge in [-0.15, -0.1) is 0 Å². The van der Waals surface area contributed by atoms with E-state index >= 15 is 0 Å². The molecule has 0 radical (unpaired) electrons. The summed E-state index contributed by atoms with van der Waals surface area (Å²) in [6.07, 6.45) is 0. The third-order valence-corrected chi connectivity index (χ3v) is 5.81. The highest BCUT2D eigenvalue weighted by Crippen LogP contribution is 2.33. The zero-order chi connectivity index (χ0) is 21.4. The fourth-order valence-corrected chi connectivity index (χ4v) is 4.44. The summed E-state index contributed by atoms with van der Waals surface area (Å²) in [4.78, 5) is 12.7. The monoisotopic (exact) mass is 478 g/mol. The Morgan fingerprint density at radius 3 is 2.74 bits per heavy atom. The van der Waals surface area contributed by atoms with Crippen molar-refractivity contribution in [3.05, 3.63) is 92.2 Å². The maximum Gasteiger partial charge on any atom is 0.344 e. The summed E-state index contributed by atoms with van der Waals surface area (Å²) in [7, 11) is 0. The second kappa shape index (κ2) is 8.21. The predicted molar refractivity (Wildman–Crippen MR) is 121 cm³/mol. The van der Waals surface area contributed by atoms with Gasteiger partial charge in [0.15, 0.2) is 6.79 Å². The third kappa shape index (κ3) is 3.84. The fraction of sp³-hybridized carbons (Fsp3) is 0.160. The largest absolute Gasteiger partial charge is 0.489 e. The number of fused-ring (bicyclic) bond motifs is 2. The highest BCUT2D eigenvalue weighted by molar-refractivity contribution is 9.10. The van der Waals surface area contributed by atoms with E-state index in [9.17, 15) is 4.79 Å². The second-order valence-electron chi connectivity index (χ2n) is 7.37. The molecule has 2 heterocycles. The Bertz CT molecular complexity index is 1330. The molecule has 31 heavy (non-hydrogen) atoms. The molecule has 1 aliphatic heterocycles. The number of rotatable bonds is 4. The average molecular weight is 479 g/mol. The van der Waals surface area contributed by atoms with Crippen LogP contribution in [0.2, 0.25) is 0 Å². The molecule has 0 atom stereocenters. The van der Waals surface area contributed by atoms with Crippen LogP contribution in [0.5, 0.6) is 11.5 Å². The number of benzene rings is 3. The Labute approximate surface area is 187 Å². The van der Waals surface area contributed by atoms with E-state index in [1.54, 1.807) is 6.07 Å². The Balaban J connectivity index is 1.46. The summed E-state index contributed by atoms with van der Waals surface area (Å²) in [5.41, 5.74) is 4.36. The van der Waals surface area contributed by atoms with Gasteiger partial charge in [0.05, 0.1) is 12.2 Å². The first-order chi connectivity index (χ1) is 15.1. The summed E-state index contributed by atoms with van der Waals surface area (Å²) < 4.78 is 23.6. The topological polar surface area (TPSA) is 57.9 Å². The van der Waals surface area contributed by atoms with Gasteiger partial charge in [-0.2, -0.15) is 0 Å². The molecule has 6 heteroatoms. The first kappa shape index (κ1) is 19.8. The van der Waals surface area contributed by atoms with Crippen LogP contribution in [0, 0.1) is 6.92 Å². The smallest absolute Gasteiger partial charge is 0.344 e. The Morgan fingerprint density at radius 2 is 1.90 bits per heavy atom. The summed E-state index contributed by atoms with van der Waals surface area (Å²) in [5.74, 6) is 1.41. The lowest BCUT2D eigenvalue weighted by Crippen LogP contribution is -2.14. The molecule has 4 aromatic rings. The minimum absolute atomic E-state index is 0.228. The normalized spacial score (nSPS) is 13.0. The van der Waals surface area contributed by atoms with Crippen LogP contribution in [0.4, 0.5) is 0 Å².